The molecule has 1 heterocycles. The highest BCUT2D eigenvalue weighted by Crippen LogP contribution is 2.32. The maximum atomic E-state index is 12.9. The van der Waals surface area contributed by atoms with Crippen molar-refractivity contribution in [2.45, 2.75) is 38.8 Å². The second-order valence-electron chi connectivity index (χ2n) is 5.36. The molecule has 1 atom stereocenters. The molecule has 0 spiro atoms. The van der Waals surface area contributed by atoms with Gasteiger partial charge in [0, 0.05) is 31.6 Å². The molecule has 2 rings (SSSR count). The topological polar surface area (TPSA) is 32.3 Å². The van der Waals surface area contributed by atoms with E-state index in [-0.39, 0.29) is 17.8 Å². The molecule has 0 saturated carbocycles. The second-order valence-corrected chi connectivity index (χ2v) is 5.36. The van der Waals surface area contributed by atoms with Crippen molar-refractivity contribution in [2.24, 2.45) is 0 Å². The summed E-state index contributed by atoms with van der Waals surface area (Å²) in [6.45, 7) is 5.70. The molecule has 1 fully saturated rings. The monoisotopic (exact) mass is 264 g/mol. The molecule has 1 N–H and O–H groups in total. The first kappa shape index (κ1) is 14.0. The van der Waals surface area contributed by atoms with Crippen LogP contribution in [0.2, 0.25) is 0 Å². The molecule has 0 radical (unpaired) electrons. The van der Waals surface area contributed by atoms with E-state index in [0.29, 0.717) is 12.5 Å². The molecule has 104 valence electrons. The fourth-order valence-corrected chi connectivity index (χ4v) is 2.41. The minimum Gasteiger partial charge on any atom is -0.354 e. The number of carbonyl (C=O) groups is 1. The predicted molar refractivity (Wildman–Crippen MR) is 73.2 cm³/mol. The van der Waals surface area contributed by atoms with E-state index >= 15 is 0 Å². The van der Waals surface area contributed by atoms with E-state index < -0.39 is 0 Å². The molecule has 1 amide bonds. The maximum absolute atomic E-state index is 12.9. The third-order valence-electron chi connectivity index (χ3n) is 3.46. The van der Waals surface area contributed by atoms with E-state index in [1.807, 2.05) is 26.0 Å². The van der Waals surface area contributed by atoms with Gasteiger partial charge in [0.25, 0.3) is 0 Å². The standard InChI is InChI=1S/C15H21FN2O/c1-11(2)17-15(19)8-10-18-9-7-14(18)12-3-5-13(16)6-4-12/h3-6,11,14H,7-10H2,1-2H3,(H,17,19)/t14-/m0/s1. The lowest BCUT2D eigenvalue weighted by Gasteiger charge is -2.41. The van der Waals surface area contributed by atoms with E-state index in [1.54, 1.807) is 0 Å². The molecule has 4 heteroatoms. The normalized spacial score (nSPS) is 19.3. The predicted octanol–water partition coefficient (Wildman–Crippen LogP) is 2.49. The Bertz CT molecular complexity index is 430. The number of carbonyl (C=O) groups excluding carboxylic acids is 1. The first-order chi connectivity index (χ1) is 9.06. The van der Waals surface area contributed by atoms with E-state index in [4.69, 9.17) is 0 Å². The Morgan fingerprint density at radius 3 is 2.63 bits per heavy atom. The smallest absolute Gasteiger partial charge is 0.221 e. The summed E-state index contributed by atoms with van der Waals surface area (Å²) in [5.41, 5.74) is 1.14. The van der Waals surface area contributed by atoms with Crippen LogP contribution in [0.4, 0.5) is 4.39 Å². The fourth-order valence-electron chi connectivity index (χ4n) is 2.41. The van der Waals surface area contributed by atoms with E-state index in [0.717, 1.165) is 25.1 Å². The second kappa shape index (κ2) is 6.15. The van der Waals surface area contributed by atoms with Gasteiger partial charge in [0.2, 0.25) is 5.91 Å². The molecule has 1 aromatic carbocycles. The third kappa shape index (κ3) is 3.77. The summed E-state index contributed by atoms with van der Waals surface area (Å²) in [6.07, 6.45) is 1.60. The lowest BCUT2D eigenvalue weighted by Crippen LogP contribution is -2.43. The van der Waals surface area contributed by atoms with Crippen LogP contribution >= 0.6 is 0 Å². The van der Waals surface area contributed by atoms with Crippen LogP contribution in [0, 0.1) is 5.82 Å². The molecule has 1 aliphatic heterocycles. The Kier molecular flexibility index (Phi) is 4.53. The van der Waals surface area contributed by atoms with Crippen LogP contribution in [0.3, 0.4) is 0 Å². The van der Waals surface area contributed by atoms with Crippen molar-refractivity contribution < 1.29 is 9.18 Å². The van der Waals surface area contributed by atoms with Crippen molar-refractivity contribution in [1.82, 2.24) is 10.2 Å². The van der Waals surface area contributed by atoms with Crippen molar-refractivity contribution in [2.75, 3.05) is 13.1 Å². The van der Waals surface area contributed by atoms with Crippen LogP contribution in [0.1, 0.15) is 38.3 Å². The lowest BCUT2D eigenvalue weighted by atomic mass is 9.94. The van der Waals surface area contributed by atoms with Gasteiger partial charge < -0.3 is 5.32 Å². The van der Waals surface area contributed by atoms with Gasteiger partial charge in [-0.1, -0.05) is 12.1 Å². The average Bonchev–Trinajstić information content (AvgIpc) is 2.30. The third-order valence-corrected chi connectivity index (χ3v) is 3.46. The minimum absolute atomic E-state index is 0.0970. The number of benzene rings is 1. The Morgan fingerprint density at radius 1 is 1.42 bits per heavy atom. The minimum atomic E-state index is -0.203. The Morgan fingerprint density at radius 2 is 2.11 bits per heavy atom. The van der Waals surface area contributed by atoms with Crippen molar-refractivity contribution in [3.63, 3.8) is 0 Å². The maximum Gasteiger partial charge on any atom is 0.221 e. The highest BCUT2D eigenvalue weighted by atomic mass is 19.1. The number of halogens is 1. The van der Waals surface area contributed by atoms with Crippen molar-refractivity contribution in [3.8, 4) is 0 Å². The summed E-state index contributed by atoms with van der Waals surface area (Å²) in [7, 11) is 0. The van der Waals surface area contributed by atoms with Gasteiger partial charge in [0.15, 0.2) is 0 Å². The zero-order chi connectivity index (χ0) is 13.8. The molecule has 1 aromatic rings. The van der Waals surface area contributed by atoms with Crippen LogP contribution in [-0.4, -0.2) is 29.9 Å². The van der Waals surface area contributed by atoms with Gasteiger partial charge in [-0.15, -0.1) is 0 Å². The van der Waals surface area contributed by atoms with Crippen molar-refractivity contribution in [1.29, 1.82) is 0 Å². The van der Waals surface area contributed by atoms with Gasteiger partial charge in [0.1, 0.15) is 5.82 Å². The summed E-state index contributed by atoms with van der Waals surface area (Å²) >= 11 is 0. The van der Waals surface area contributed by atoms with Crippen LogP contribution in [0.5, 0.6) is 0 Å². The first-order valence-electron chi connectivity index (χ1n) is 6.85. The summed E-state index contributed by atoms with van der Waals surface area (Å²) in [5, 5.41) is 2.89. The fraction of sp³-hybridized carbons (Fsp3) is 0.533. The summed E-state index contributed by atoms with van der Waals surface area (Å²) in [5.74, 6) is -0.106. The quantitative estimate of drug-likeness (QED) is 0.886. The number of likely N-dealkylation sites (tertiary alicyclic amines) is 1. The zero-order valence-electron chi connectivity index (χ0n) is 11.5. The van der Waals surface area contributed by atoms with Gasteiger partial charge >= 0.3 is 0 Å². The number of hydrogen-bond donors (Lipinski definition) is 1. The molecule has 19 heavy (non-hydrogen) atoms. The Labute approximate surface area is 113 Å². The zero-order valence-corrected chi connectivity index (χ0v) is 11.5. The van der Waals surface area contributed by atoms with E-state index in [2.05, 4.69) is 10.2 Å². The Hall–Kier alpha value is -1.42. The highest BCUT2D eigenvalue weighted by molar-refractivity contribution is 5.76. The van der Waals surface area contributed by atoms with Crippen LogP contribution in [0.25, 0.3) is 0 Å². The highest BCUT2D eigenvalue weighted by Gasteiger charge is 2.29. The molecule has 0 aromatic heterocycles. The molecule has 0 aliphatic carbocycles. The van der Waals surface area contributed by atoms with Crippen LogP contribution in [-0.2, 0) is 4.79 Å². The molecule has 3 nitrogen and oxygen atoms in total. The molecule has 0 unspecified atom stereocenters. The van der Waals surface area contributed by atoms with Crippen molar-refractivity contribution >= 4 is 5.91 Å². The van der Waals surface area contributed by atoms with Gasteiger partial charge in [-0.2, -0.15) is 0 Å². The summed E-state index contributed by atoms with van der Waals surface area (Å²) in [4.78, 5) is 13.9. The Balaban J connectivity index is 1.82. The largest absolute Gasteiger partial charge is 0.354 e. The SMILES string of the molecule is CC(C)NC(=O)CCN1CC[C@H]1c1ccc(F)cc1. The van der Waals surface area contributed by atoms with Gasteiger partial charge in [-0.3, -0.25) is 9.69 Å². The molecule has 0 bridgehead atoms. The van der Waals surface area contributed by atoms with E-state index in [1.165, 1.54) is 12.1 Å². The molecular formula is C15H21FN2O. The lowest BCUT2D eigenvalue weighted by molar-refractivity contribution is -0.122. The van der Waals surface area contributed by atoms with E-state index in [9.17, 15) is 9.18 Å². The number of nitrogens with one attached hydrogen (secondary N) is 1. The summed E-state index contributed by atoms with van der Waals surface area (Å²) in [6, 6.07) is 7.19. The number of hydrogen-bond acceptors (Lipinski definition) is 2. The van der Waals surface area contributed by atoms with Crippen LogP contribution in [0.15, 0.2) is 24.3 Å². The van der Waals surface area contributed by atoms with Crippen molar-refractivity contribution in [3.05, 3.63) is 35.6 Å². The van der Waals surface area contributed by atoms with Gasteiger partial charge in [-0.25, -0.2) is 4.39 Å². The number of amides is 1. The van der Waals surface area contributed by atoms with Crippen LogP contribution < -0.4 is 5.32 Å². The number of nitrogens with zero attached hydrogens (tertiary/aromatic N) is 1. The molecule has 1 saturated heterocycles. The van der Waals surface area contributed by atoms with Gasteiger partial charge in [-0.05, 0) is 38.0 Å². The first-order valence-corrected chi connectivity index (χ1v) is 6.85. The van der Waals surface area contributed by atoms with Gasteiger partial charge in [0.05, 0.1) is 0 Å². The number of rotatable bonds is 5. The average molecular weight is 264 g/mol. The molecular weight excluding hydrogens is 243 g/mol. The summed E-state index contributed by atoms with van der Waals surface area (Å²) < 4.78 is 12.9. The molecule has 1 aliphatic rings.